The minimum Gasteiger partial charge on any atom is -0.502 e. The molecule has 2 rings (SSSR count). The number of pyridine rings is 1. The van der Waals surface area contributed by atoms with Crippen LogP contribution in [-0.4, -0.2) is 11.6 Å². The first-order valence-electron chi connectivity index (χ1n) is 4.12. The summed E-state index contributed by atoms with van der Waals surface area (Å²) in [5.41, 5.74) is 0. The fourth-order valence-electron chi connectivity index (χ4n) is 0.801. The molecule has 0 N–H and O–H groups in total. The summed E-state index contributed by atoms with van der Waals surface area (Å²) in [7, 11) is 0. The summed E-state index contributed by atoms with van der Waals surface area (Å²) in [6.45, 7) is 0.913. The molecule has 0 bridgehead atoms. The van der Waals surface area contributed by atoms with Crippen molar-refractivity contribution >= 4 is 0 Å². The van der Waals surface area contributed by atoms with Gasteiger partial charge in [-0.1, -0.05) is 6.07 Å². The Balaban J connectivity index is 0.000000120. The Morgan fingerprint density at radius 2 is 1.92 bits per heavy atom. The van der Waals surface area contributed by atoms with Gasteiger partial charge in [0.25, 0.3) is 0 Å². The highest BCUT2D eigenvalue weighted by Crippen LogP contribution is 1.97. The summed E-state index contributed by atoms with van der Waals surface area (Å²) in [6.07, 6.45) is 9.70. The lowest BCUT2D eigenvalue weighted by molar-refractivity contribution is 0.231. The van der Waals surface area contributed by atoms with Crippen LogP contribution in [0.4, 0.5) is 0 Å². The predicted octanol–water partition coefficient (Wildman–Crippen LogP) is 2.39. The predicted molar refractivity (Wildman–Crippen MR) is 48.6 cm³/mol. The third-order valence-corrected chi connectivity index (χ3v) is 1.39. The first-order valence-corrected chi connectivity index (χ1v) is 4.12. The second-order valence-corrected chi connectivity index (χ2v) is 2.41. The minimum atomic E-state index is 0.913. The van der Waals surface area contributed by atoms with Crippen LogP contribution in [0.1, 0.15) is 12.8 Å². The summed E-state index contributed by atoms with van der Waals surface area (Å²) in [5.74, 6) is 0. The maximum atomic E-state index is 4.89. The second kappa shape index (κ2) is 6.40. The average Bonchev–Trinajstić information content (AvgIpc) is 2.24. The van der Waals surface area contributed by atoms with Crippen molar-refractivity contribution in [3.05, 3.63) is 42.9 Å². The van der Waals surface area contributed by atoms with E-state index in [1.165, 1.54) is 12.8 Å². The molecule has 64 valence electrons. The number of hydrogen-bond acceptors (Lipinski definition) is 2. The van der Waals surface area contributed by atoms with Crippen molar-refractivity contribution in [2.24, 2.45) is 0 Å². The van der Waals surface area contributed by atoms with Crippen molar-refractivity contribution in [2.75, 3.05) is 6.61 Å². The molecule has 2 heterocycles. The van der Waals surface area contributed by atoms with E-state index in [0.717, 1.165) is 6.61 Å². The third-order valence-electron chi connectivity index (χ3n) is 1.39. The number of aromatic nitrogens is 1. The highest BCUT2D eigenvalue weighted by atomic mass is 16.5. The first kappa shape index (κ1) is 8.78. The van der Waals surface area contributed by atoms with Gasteiger partial charge in [0, 0.05) is 12.4 Å². The van der Waals surface area contributed by atoms with Gasteiger partial charge in [-0.05, 0) is 31.1 Å². The quantitative estimate of drug-likeness (QED) is 0.586. The van der Waals surface area contributed by atoms with Crippen LogP contribution in [0.2, 0.25) is 0 Å². The van der Waals surface area contributed by atoms with Crippen molar-refractivity contribution in [3.63, 3.8) is 0 Å². The molecule has 0 aliphatic carbocycles. The van der Waals surface area contributed by atoms with Crippen LogP contribution in [0.3, 0.4) is 0 Å². The molecule has 0 spiro atoms. The molecule has 2 nitrogen and oxygen atoms in total. The van der Waals surface area contributed by atoms with Gasteiger partial charge in [-0.2, -0.15) is 0 Å². The summed E-state index contributed by atoms with van der Waals surface area (Å²) in [6, 6.07) is 5.72. The van der Waals surface area contributed by atoms with Crippen molar-refractivity contribution in [1.82, 2.24) is 4.98 Å². The molecule has 1 aromatic heterocycles. The fraction of sp³-hybridized carbons (Fsp3) is 0.300. The van der Waals surface area contributed by atoms with Crippen molar-refractivity contribution in [3.8, 4) is 0 Å². The molecule has 0 unspecified atom stereocenters. The zero-order valence-corrected chi connectivity index (χ0v) is 7.02. The highest BCUT2D eigenvalue weighted by molar-refractivity contribution is 4.88. The van der Waals surface area contributed by atoms with Gasteiger partial charge in [0.2, 0.25) is 0 Å². The molecule has 12 heavy (non-hydrogen) atoms. The SMILES string of the molecule is C1=COCCC1.c1ccncc1. The van der Waals surface area contributed by atoms with E-state index in [1.807, 2.05) is 24.3 Å². The van der Waals surface area contributed by atoms with Gasteiger partial charge in [0.15, 0.2) is 0 Å². The zero-order chi connectivity index (χ0) is 8.49. The lowest BCUT2D eigenvalue weighted by atomic mass is 10.3. The Kier molecular flexibility index (Phi) is 4.69. The topological polar surface area (TPSA) is 22.1 Å². The van der Waals surface area contributed by atoms with Gasteiger partial charge in [-0.25, -0.2) is 0 Å². The van der Waals surface area contributed by atoms with Crippen LogP contribution < -0.4 is 0 Å². The number of hydrogen-bond donors (Lipinski definition) is 0. The number of ether oxygens (including phenoxy) is 1. The minimum absolute atomic E-state index is 0.913. The third kappa shape index (κ3) is 4.50. The van der Waals surface area contributed by atoms with Crippen molar-refractivity contribution < 1.29 is 4.74 Å². The summed E-state index contributed by atoms with van der Waals surface area (Å²) in [5, 5.41) is 0. The van der Waals surface area contributed by atoms with E-state index < -0.39 is 0 Å². The smallest absolute Gasteiger partial charge is 0.0876 e. The zero-order valence-electron chi connectivity index (χ0n) is 7.02. The molecule has 2 heteroatoms. The van der Waals surface area contributed by atoms with Crippen LogP contribution >= 0.6 is 0 Å². The van der Waals surface area contributed by atoms with Crippen LogP contribution in [0.15, 0.2) is 42.9 Å². The lowest BCUT2D eigenvalue weighted by Crippen LogP contribution is -1.90. The Morgan fingerprint density at radius 3 is 2.08 bits per heavy atom. The van der Waals surface area contributed by atoms with E-state index in [-0.39, 0.29) is 0 Å². The molecule has 0 radical (unpaired) electrons. The number of rotatable bonds is 0. The van der Waals surface area contributed by atoms with Gasteiger partial charge >= 0.3 is 0 Å². The summed E-state index contributed by atoms with van der Waals surface area (Å²) >= 11 is 0. The van der Waals surface area contributed by atoms with Crippen molar-refractivity contribution in [2.45, 2.75) is 12.8 Å². The Morgan fingerprint density at radius 1 is 1.08 bits per heavy atom. The van der Waals surface area contributed by atoms with Gasteiger partial charge in [-0.3, -0.25) is 4.98 Å². The van der Waals surface area contributed by atoms with Crippen LogP contribution in [-0.2, 0) is 4.74 Å². The van der Waals surface area contributed by atoms with Crippen LogP contribution in [0.5, 0.6) is 0 Å². The molecule has 0 saturated carbocycles. The summed E-state index contributed by atoms with van der Waals surface area (Å²) in [4.78, 5) is 3.78. The van der Waals surface area contributed by atoms with Gasteiger partial charge < -0.3 is 4.74 Å². The molecule has 1 aliphatic rings. The number of nitrogens with zero attached hydrogens (tertiary/aromatic N) is 1. The van der Waals surface area contributed by atoms with E-state index in [9.17, 15) is 0 Å². The second-order valence-electron chi connectivity index (χ2n) is 2.41. The van der Waals surface area contributed by atoms with E-state index in [2.05, 4.69) is 4.98 Å². The molecule has 1 aliphatic heterocycles. The maximum absolute atomic E-state index is 4.89. The Bertz CT molecular complexity index is 174. The van der Waals surface area contributed by atoms with Gasteiger partial charge in [0.1, 0.15) is 0 Å². The van der Waals surface area contributed by atoms with E-state index in [0.29, 0.717) is 0 Å². The molecule has 0 atom stereocenters. The van der Waals surface area contributed by atoms with Crippen LogP contribution in [0, 0.1) is 0 Å². The standard InChI is InChI=1S/C5H5N.C5H8O/c2*1-2-4-6-5-3-1/h1-5H;2,4H,1,3,5H2. The van der Waals surface area contributed by atoms with Crippen molar-refractivity contribution in [1.29, 1.82) is 0 Å². The normalized spacial score (nSPS) is 14.0. The molecular formula is C10H13NO. The largest absolute Gasteiger partial charge is 0.502 e. The van der Waals surface area contributed by atoms with Gasteiger partial charge in [0.05, 0.1) is 12.9 Å². The lowest BCUT2D eigenvalue weighted by Gasteiger charge is -2.01. The van der Waals surface area contributed by atoms with E-state index in [1.54, 1.807) is 18.7 Å². The summed E-state index contributed by atoms with van der Waals surface area (Å²) < 4.78 is 4.89. The molecule has 0 saturated heterocycles. The Hall–Kier alpha value is -1.31. The van der Waals surface area contributed by atoms with Crippen LogP contribution in [0.25, 0.3) is 0 Å². The molecule has 0 aromatic carbocycles. The Labute approximate surface area is 72.9 Å². The van der Waals surface area contributed by atoms with Gasteiger partial charge in [-0.15, -0.1) is 0 Å². The molecule has 1 aromatic rings. The van der Waals surface area contributed by atoms with E-state index in [4.69, 9.17) is 4.74 Å². The number of allylic oxidation sites excluding steroid dienone is 1. The first-order chi connectivity index (χ1) is 6.00. The molecular weight excluding hydrogens is 150 g/mol. The van der Waals surface area contributed by atoms with E-state index >= 15 is 0 Å². The fourth-order valence-corrected chi connectivity index (χ4v) is 0.801. The molecule has 0 amide bonds. The average molecular weight is 163 g/mol. The molecule has 0 fully saturated rings. The maximum Gasteiger partial charge on any atom is 0.0876 e. The highest BCUT2D eigenvalue weighted by Gasteiger charge is 1.86. The monoisotopic (exact) mass is 163 g/mol.